The molecule has 4 heteroatoms. The normalized spacial score (nSPS) is 9.67. The van der Waals surface area contributed by atoms with Crippen LogP contribution in [0.5, 0.6) is 0 Å². The predicted molar refractivity (Wildman–Crippen MR) is 82.4 cm³/mol. The Hall–Kier alpha value is -1.76. The molecular formula is C17H26O4. The molecule has 0 aliphatic rings. The van der Waals surface area contributed by atoms with Crippen LogP contribution in [-0.4, -0.2) is 25.2 Å². The number of rotatable bonds is 10. The van der Waals surface area contributed by atoms with Crippen molar-refractivity contribution in [1.82, 2.24) is 0 Å². The van der Waals surface area contributed by atoms with Crippen molar-refractivity contribution in [2.24, 2.45) is 5.92 Å². The number of hydrogen-bond donors (Lipinski definition) is 0. The van der Waals surface area contributed by atoms with Crippen molar-refractivity contribution in [2.45, 2.75) is 52.4 Å². The zero-order valence-corrected chi connectivity index (χ0v) is 13.2. The topological polar surface area (TPSA) is 52.6 Å². The van der Waals surface area contributed by atoms with E-state index in [0.717, 1.165) is 25.7 Å². The van der Waals surface area contributed by atoms with Crippen LogP contribution in [0, 0.1) is 17.8 Å². The fraction of sp³-hybridized carbons (Fsp3) is 0.647. The van der Waals surface area contributed by atoms with Crippen LogP contribution in [0.2, 0.25) is 0 Å². The van der Waals surface area contributed by atoms with Crippen molar-refractivity contribution < 1.29 is 19.1 Å². The molecule has 4 nitrogen and oxygen atoms in total. The molecule has 0 bridgehead atoms. The van der Waals surface area contributed by atoms with Gasteiger partial charge in [0.15, 0.2) is 5.92 Å². The molecule has 0 heterocycles. The summed E-state index contributed by atoms with van der Waals surface area (Å²) >= 11 is 0. The van der Waals surface area contributed by atoms with Crippen LogP contribution in [-0.2, 0) is 19.1 Å². The van der Waals surface area contributed by atoms with Gasteiger partial charge in [-0.05, 0) is 39.5 Å². The van der Waals surface area contributed by atoms with E-state index in [0.29, 0.717) is 12.8 Å². The van der Waals surface area contributed by atoms with Crippen LogP contribution >= 0.6 is 0 Å². The molecule has 0 spiro atoms. The van der Waals surface area contributed by atoms with Gasteiger partial charge in [-0.3, -0.25) is 9.59 Å². The lowest BCUT2D eigenvalue weighted by Gasteiger charge is -2.12. The van der Waals surface area contributed by atoms with Gasteiger partial charge in [-0.2, -0.15) is 0 Å². The van der Waals surface area contributed by atoms with Crippen molar-refractivity contribution in [3.8, 4) is 11.8 Å². The molecule has 21 heavy (non-hydrogen) atoms. The molecule has 0 saturated carbocycles. The third-order valence-electron chi connectivity index (χ3n) is 2.79. The van der Waals surface area contributed by atoms with Gasteiger partial charge >= 0.3 is 11.9 Å². The average Bonchev–Trinajstić information content (AvgIpc) is 2.46. The first-order valence-corrected chi connectivity index (χ1v) is 7.57. The highest BCUT2D eigenvalue weighted by atomic mass is 16.6. The van der Waals surface area contributed by atoms with Crippen LogP contribution < -0.4 is 0 Å². The highest BCUT2D eigenvalue weighted by Gasteiger charge is 2.28. The zero-order valence-electron chi connectivity index (χ0n) is 13.2. The van der Waals surface area contributed by atoms with Crippen LogP contribution in [0.1, 0.15) is 52.4 Å². The molecule has 0 atom stereocenters. The van der Waals surface area contributed by atoms with Gasteiger partial charge in [0.05, 0.1) is 13.2 Å². The van der Waals surface area contributed by atoms with Crippen molar-refractivity contribution in [3.63, 3.8) is 0 Å². The maximum Gasteiger partial charge on any atom is 0.320 e. The predicted octanol–water partition coefficient (Wildman–Crippen LogP) is 3.26. The van der Waals surface area contributed by atoms with E-state index in [9.17, 15) is 9.59 Å². The van der Waals surface area contributed by atoms with E-state index in [1.165, 1.54) is 0 Å². The minimum Gasteiger partial charge on any atom is -0.465 e. The quantitative estimate of drug-likeness (QED) is 0.204. The lowest BCUT2D eigenvalue weighted by molar-refractivity contribution is -0.161. The van der Waals surface area contributed by atoms with Crippen molar-refractivity contribution in [3.05, 3.63) is 12.7 Å². The number of unbranched alkanes of at least 4 members (excludes halogenated alkanes) is 3. The van der Waals surface area contributed by atoms with Gasteiger partial charge in [-0.1, -0.05) is 6.08 Å². The highest BCUT2D eigenvalue weighted by Crippen LogP contribution is 2.11. The molecule has 0 fully saturated rings. The van der Waals surface area contributed by atoms with E-state index in [1.807, 2.05) is 6.08 Å². The molecule has 0 aromatic rings. The SMILES string of the molecule is C=CCCCCC#CCCC(C(=O)OCC)C(=O)OCC. The number of carbonyl (C=O) groups is 2. The Morgan fingerprint density at radius 3 is 2.14 bits per heavy atom. The molecular weight excluding hydrogens is 268 g/mol. The summed E-state index contributed by atoms with van der Waals surface area (Å²) in [4.78, 5) is 23.4. The largest absolute Gasteiger partial charge is 0.465 e. The Balaban J connectivity index is 4.17. The summed E-state index contributed by atoms with van der Waals surface area (Å²) in [6, 6.07) is 0. The standard InChI is InChI=1S/C17H26O4/c1-4-7-8-9-10-11-12-13-14-15(16(18)20-5-2)17(19)21-6-3/h4,15H,1,5-10,13-14H2,2-3H3. The summed E-state index contributed by atoms with van der Waals surface area (Å²) in [5, 5.41) is 0. The van der Waals surface area contributed by atoms with E-state index in [-0.39, 0.29) is 13.2 Å². The van der Waals surface area contributed by atoms with Gasteiger partial charge < -0.3 is 9.47 Å². The first-order valence-electron chi connectivity index (χ1n) is 7.57. The van der Waals surface area contributed by atoms with Crippen molar-refractivity contribution in [1.29, 1.82) is 0 Å². The Labute approximate surface area is 127 Å². The Kier molecular flexibility index (Phi) is 12.1. The van der Waals surface area contributed by atoms with Gasteiger partial charge in [-0.15, -0.1) is 18.4 Å². The third-order valence-corrected chi connectivity index (χ3v) is 2.79. The van der Waals surface area contributed by atoms with Gasteiger partial charge in [0.2, 0.25) is 0 Å². The summed E-state index contributed by atoms with van der Waals surface area (Å²) in [6.07, 6.45) is 6.70. The molecule has 0 aliphatic carbocycles. The molecule has 118 valence electrons. The molecule has 0 amide bonds. The lowest BCUT2D eigenvalue weighted by atomic mass is 10.0. The van der Waals surface area contributed by atoms with Gasteiger partial charge in [0.25, 0.3) is 0 Å². The second kappa shape index (κ2) is 13.2. The fourth-order valence-electron chi connectivity index (χ4n) is 1.71. The van der Waals surface area contributed by atoms with Crippen molar-refractivity contribution >= 4 is 11.9 Å². The maximum absolute atomic E-state index is 11.7. The minimum absolute atomic E-state index is 0.254. The number of esters is 2. The summed E-state index contributed by atoms with van der Waals surface area (Å²) in [7, 11) is 0. The van der Waals surface area contributed by atoms with E-state index < -0.39 is 17.9 Å². The first kappa shape index (κ1) is 19.2. The minimum atomic E-state index is -0.861. The molecule has 0 radical (unpaired) electrons. The fourth-order valence-corrected chi connectivity index (χ4v) is 1.71. The molecule has 0 aliphatic heterocycles. The molecule has 0 unspecified atom stereocenters. The Morgan fingerprint density at radius 1 is 1.05 bits per heavy atom. The van der Waals surface area contributed by atoms with Crippen LogP contribution in [0.25, 0.3) is 0 Å². The van der Waals surface area contributed by atoms with E-state index in [1.54, 1.807) is 13.8 Å². The average molecular weight is 294 g/mol. The van der Waals surface area contributed by atoms with Gasteiger partial charge in [0, 0.05) is 12.8 Å². The second-order valence-corrected chi connectivity index (χ2v) is 4.48. The van der Waals surface area contributed by atoms with Gasteiger partial charge in [-0.25, -0.2) is 0 Å². The lowest BCUT2D eigenvalue weighted by Crippen LogP contribution is -2.28. The van der Waals surface area contributed by atoms with E-state index in [2.05, 4.69) is 18.4 Å². The third kappa shape index (κ3) is 9.73. The Morgan fingerprint density at radius 2 is 1.62 bits per heavy atom. The maximum atomic E-state index is 11.7. The monoisotopic (exact) mass is 294 g/mol. The van der Waals surface area contributed by atoms with Crippen LogP contribution in [0.15, 0.2) is 12.7 Å². The summed E-state index contributed by atoms with van der Waals surface area (Å²) < 4.78 is 9.79. The number of allylic oxidation sites excluding steroid dienone is 1. The Bertz CT molecular complexity index is 358. The molecule has 0 rings (SSSR count). The van der Waals surface area contributed by atoms with Gasteiger partial charge in [0.1, 0.15) is 0 Å². The number of carbonyl (C=O) groups excluding carboxylic acids is 2. The zero-order chi connectivity index (χ0) is 15.9. The van der Waals surface area contributed by atoms with Crippen LogP contribution in [0.4, 0.5) is 0 Å². The summed E-state index contributed by atoms with van der Waals surface area (Å²) in [5.74, 6) is 4.14. The number of hydrogen-bond acceptors (Lipinski definition) is 4. The number of ether oxygens (including phenoxy) is 2. The van der Waals surface area contributed by atoms with Crippen molar-refractivity contribution in [2.75, 3.05) is 13.2 Å². The van der Waals surface area contributed by atoms with E-state index >= 15 is 0 Å². The molecule has 0 N–H and O–H groups in total. The van der Waals surface area contributed by atoms with Crippen LogP contribution in [0.3, 0.4) is 0 Å². The second-order valence-electron chi connectivity index (χ2n) is 4.48. The van der Waals surface area contributed by atoms with E-state index in [4.69, 9.17) is 9.47 Å². The summed E-state index contributed by atoms with van der Waals surface area (Å²) in [5.41, 5.74) is 0. The smallest absolute Gasteiger partial charge is 0.320 e. The first-order chi connectivity index (χ1) is 10.2. The molecule has 0 saturated heterocycles. The summed E-state index contributed by atoms with van der Waals surface area (Å²) in [6.45, 7) is 7.60. The molecule has 0 aromatic carbocycles. The molecule has 0 aromatic heterocycles. The highest BCUT2D eigenvalue weighted by molar-refractivity contribution is 5.94.